The van der Waals surface area contributed by atoms with E-state index in [1.165, 1.54) is 7.11 Å². The zero-order valence-corrected chi connectivity index (χ0v) is 11.1. The van der Waals surface area contributed by atoms with Gasteiger partial charge >= 0.3 is 5.97 Å². The van der Waals surface area contributed by atoms with Gasteiger partial charge in [-0.05, 0) is 5.56 Å². The Kier molecular flexibility index (Phi) is 5.59. The second-order valence-corrected chi connectivity index (χ2v) is 4.34. The number of nitrogens with zero attached hydrogens (tertiary/aromatic N) is 1. The van der Waals surface area contributed by atoms with Crippen molar-refractivity contribution in [3.63, 3.8) is 0 Å². The van der Waals surface area contributed by atoms with E-state index in [2.05, 4.69) is 0 Å². The maximum Gasteiger partial charge on any atom is 0.323 e. The first-order valence-electron chi connectivity index (χ1n) is 5.74. The van der Waals surface area contributed by atoms with Gasteiger partial charge in [0, 0.05) is 19.5 Å². The molecule has 1 aliphatic rings. The lowest BCUT2D eigenvalue weighted by atomic mass is 10.2. The van der Waals surface area contributed by atoms with E-state index in [0.29, 0.717) is 19.5 Å². The average molecular weight is 272 g/mol. The first kappa shape index (κ1) is 15.0. The minimum absolute atomic E-state index is 0. The highest BCUT2D eigenvalue weighted by atomic mass is 35.5. The number of carbonyl (C=O) groups excluding carboxylic acids is 1. The van der Waals surface area contributed by atoms with Crippen molar-refractivity contribution in [3.05, 3.63) is 35.9 Å². The first-order chi connectivity index (χ1) is 8.20. The molecule has 0 aromatic heterocycles. The van der Waals surface area contributed by atoms with Crippen LogP contribution in [0.2, 0.25) is 0 Å². The second kappa shape index (κ2) is 6.73. The van der Waals surface area contributed by atoms with Gasteiger partial charge in [-0.3, -0.25) is 9.69 Å². The van der Waals surface area contributed by atoms with E-state index in [4.69, 9.17) is 4.74 Å². The van der Waals surface area contributed by atoms with Crippen molar-refractivity contribution in [2.75, 3.05) is 13.7 Å². The number of hydrogen-bond donors (Lipinski definition) is 1. The molecule has 18 heavy (non-hydrogen) atoms. The van der Waals surface area contributed by atoms with E-state index in [1.807, 2.05) is 35.2 Å². The van der Waals surface area contributed by atoms with Crippen LogP contribution in [-0.4, -0.2) is 41.8 Å². The van der Waals surface area contributed by atoms with Crippen LogP contribution in [0.15, 0.2) is 30.3 Å². The van der Waals surface area contributed by atoms with Gasteiger partial charge in [0.2, 0.25) is 0 Å². The van der Waals surface area contributed by atoms with Crippen molar-refractivity contribution >= 4 is 18.4 Å². The molecular formula is C13H18ClNO3. The van der Waals surface area contributed by atoms with Crippen molar-refractivity contribution in [3.8, 4) is 0 Å². The number of aliphatic hydroxyl groups is 1. The molecule has 2 atom stereocenters. The molecule has 1 aromatic carbocycles. The van der Waals surface area contributed by atoms with Crippen molar-refractivity contribution in [1.29, 1.82) is 0 Å². The number of benzene rings is 1. The fourth-order valence-corrected chi connectivity index (χ4v) is 2.25. The molecule has 0 radical (unpaired) electrons. The number of esters is 1. The third kappa shape index (κ3) is 3.45. The van der Waals surface area contributed by atoms with Crippen molar-refractivity contribution in [2.24, 2.45) is 0 Å². The third-order valence-corrected chi connectivity index (χ3v) is 3.08. The predicted octanol–water partition coefficient (Wildman–Crippen LogP) is 1.22. The number of hydrogen-bond acceptors (Lipinski definition) is 4. The Morgan fingerprint density at radius 3 is 2.72 bits per heavy atom. The Bertz CT molecular complexity index is 385. The molecule has 2 rings (SSSR count). The molecule has 1 fully saturated rings. The molecule has 100 valence electrons. The van der Waals surface area contributed by atoms with E-state index in [-0.39, 0.29) is 24.4 Å². The van der Waals surface area contributed by atoms with Crippen molar-refractivity contribution in [1.82, 2.24) is 4.90 Å². The smallest absolute Gasteiger partial charge is 0.323 e. The molecule has 0 saturated carbocycles. The molecule has 1 N–H and O–H groups in total. The van der Waals surface area contributed by atoms with Gasteiger partial charge in [-0.25, -0.2) is 0 Å². The normalized spacial score (nSPS) is 23.4. The van der Waals surface area contributed by atoms with Crippen LogP contribution in [-0.2, 0) is 16.1 Å². The van der Waals surface area contributed by atoms with E-state index in [1.54, 1.807) is 0 Å². The molecule has 0 unspecified atom stereocenters. The quantitative estimate of drug-likeness (QED) is 0.840. The Morgan fingerprint density at radius 1 is 1.44 bits per heavy atom. The Labute approximate surface area is 113 Å². The second-order valence-electron chi connectivity index (χ2n) is 4.34. The van der Waals surface area contributed by atoms with Crippen LogP contribution in [0.1, 0.15) is 12.0 Å². The fourth-order valence-electron chi connectivity index (χ4n) is 2.25. The molecule has 1 aromatic rings. The highest BCUT2D eigenvalue weighted by Gasteiger charge is 2.36. The van der Waals surface area contributed by atoms with Crippen LogP contribution in [0.4, 0.5) is 0 Å². The summed E-state index contributed by atoms with van der Waals surface area (Å²) in [6.45, 7) is 1.19. The maximum atomic E-state index is 11.6. The molecule has 1 heterocycles. The summed E-state index contributed by atoms with van der Waals surface area (Å²) in [4.78, 5) is 13.5. The lowest BCUT2D eigenvalue weighted by molar-refractivity contribution is -0.146. The van der Waals surface area contributed by atoms with Crippen LogP contribution in [0, 0.1) is 0 Å². The summed E-state index contributed by atoms with van der Waals surface area (Å²) < 4.78 is 4.76. The monoisotopic (exact) mass is 271 g/mol. The Hall–Kier alpha value is -1.10. The number of carbonyl (C=O) groups is 1. The summed E-state index contributed by atoms with van der Waals surface area (Å²) in [5, 5.41) is 9.64. The van der Waals surface area contributed by atoms with E-state index in [0.717, 1.165) is 5.56 Å². The lowest BCUT2D eigenvalue weighted by Crippen LogP contribution is -2.36. The number of methoxy groups -OCH3 is 1. The van der Waals surface area contributed by atoms with Crippen molar-refractivity contribution < 1.29 is 14.6 Å². The number of likely N-dealkylation sites (tertiary alicyclic amines) is 1. The van der Waals surface area contributed by atoms with Crippen molar-refractivity contribution in [2.45, 2.75) is 25.1 Å². The molecule has 0 aliphatic carbocycles. The summed E-state index contributed by atoms with van der Waals surface area (Å²) in [7, 11) is 1.38. The van der Waals surface area contributed by atoms with Crippen LogP contribution < -0.4 is 0 Å². The van der Waals surface area contributed by atoms with E-state index in [9.17, 15) is 9.90 Å². The van der Waals surface area contributed by atoms with Gasteiger partial charge in [0.1, 0.15) is 6.04 Å². The van der Waals surface area contributed by atoms with Gasteiger partial charge in [-0.15, -0.1) is 12.4 Å². The first-order valence-corrected chi connectivity index (χ1v) is 5.74. The molecule has 0 amide bonds. The third-order valence-electron chi connectivity index (χ3n) is 3.08. The van der Waals surface area contributed by atoms with Gasteiger partial charge in [0.05, 0.1) is 13.2 Å². The SMILES string of the molecule is COC(=O)[C@H]1C[C@H](O)CN1Cc1ccccc1.Cl. The van der Waals surface area contributed by atoms with E-state index < -0.39 is 6.10 Å². The molecule has 0 spiro atoms. The zero-order valence-electron chi connectivity index (χ0n) is 10.3. The zero-order chi connectivity index (χ0) is 12.3. The Morgan fingerprint density at radius 2 is 2.11 bits per heavy atom. The molecule has 1 saturated heterocycles. The molecule has 1 aliphatic heterocycles. The van der Waals surface area contributed by atoms with Crippen LogP contribution >= 0.6 is 12.4 Å². The van der Waals surface area contributed by atoms with Crippen LogP contribution in [0.5, 0.6) is 0 Å². The van der Waals surface area contributed by atoms with Gasteiger partial charge in [0.25, 0.3) is 0 Å². The summed E-state index contributed by atoms with van der Waals surface area (Å²) in [6.07, 6.45) is 0.0160. The average Bonchev–Trinajstić information content (AvgIpc) is 2.70. The van der Waals surface area contributed by atoms with Gasteiger partial charge in [-0.2, -0.15) is 0 Å². The largest absolute Gasteiger partial charge is 0.468 e. The fraction of sp³-hybridized carbons (Fsp3) is 0.462. The minimum Gasteiger partial charge on any atom is -0.468 e. The number of rotatable bonds is 3. The number of β-amino-alcohol motifs (C(OH)–C–C–N with tert-alkyl or cyclic N) is 1. The lowest BCUT2D eigenvalue weighted by Gasteiger charge is -2.21. The highest BCUT2D eigenvalue weighted by Crippen LogP contribution is 2.21. The van der Waals surface area contributed by atoms with Gasteiger partial charge in [0.15, 0.2) is 0 Å². The number of aliphatic hydroxyl groups excluding tert-OH is 1. The molecule has 0 bridgehead atoms. The standard InChI is InChI=1S/C13H17NO3.ClH/c1-17-13(16)12-7-11(15)9-14(12)8-10-5-3-2-4-6-10;/h2-6,11-12,15H,7-9H2,1H3;1H/t11-,12+;/m0./s1. The summed E-state index contributed by atoms with van der Waals surface area (Å²) in [5.41, 5.74) is 1.13. The predicted molar refractivity (Wildman–Crippen MR) is 70.5 cm³/mol. The number of halogens is 1. The topological polar surface area (TPSA) is 49.8 Å². The maximum absolute atomic E-state index is 11.6. The minimum atomic E-state index is -0.442. The van der Waals surface area contributed by atoms with Gasteiger partial charge < -0.3 is 9.84 Å². The molecular weight excluding hydrogens is 254 g/mol. The molecule has 5 heteroatoms. The van der Waals surface area contributed by atoms with Crippen LogP contribution in [0.25, 0.3) is 0 Å². The summed E-state index contributed by atoms with van der Waals surface area (Å²) >= 11 is 0. The van der Waals surface area contributed by atoms with Crippen LogP contribution in [0.3, 0.4) is 0 Å². The Balaban J connectivity index is 0.00000162. The summed E-state index contributed by atoms with van der Waals surface area (Å²) in [6, 6.07) is 9.59. The highest BCUT2D eigenvalue weighted by molar-refractivity contribution is 5.85. The summed E-state index contributed by atoms with van der Waals surface area (Å²) in [5.74, 6) is -0.266. The van der Waals surface area contributed by atoms with Gasteiger partial charge in [-0.1, -0.05) is 30.3 Å². The van der Waals surface area contributed by atoms with E-state index >= 15 is 0 Å². The number of ether oxygens (including phenoxy) is 1. The molecule has 4 nitrogen and oxygen atoms in total.